The summed E-state index contributed by atoms with van der Waals surface area (Å²) in [6.07, 6.45) is 2.13. The Balaban J connectivity index is 2.82. The Morgan fingerprint density at radius 2 is 2.43 bits per heavy atom. The summed E-state index contributed by atoms with van der Waals surface area (Å²) in [4.78, 5) is 3.87. The van der Waals surface area contributed by atoms with E-state index in [1.54, 1.807) is 4.22 Å². The molecule has 0 radical (unpaired) electrons. The lowest BCUT2D eigenvalue weighted by Gasteiger charge is -1.78. The van der Waals surface area contributed by atoms with Crippen LogP contribution in [0.15, 0.2) is 4.99 Å². The van der Waals surface area contributed by atoms with Crippen molar-refractivity contribution in [2.45, 2.75) is 6.42 Å². The lowest BCUT2D eigenvalue weighted by Crippen LogP contribution is -1.77. The van der Waals surface area contributed by atoms with Crippen molar-refractivity contribution in [3.8, 4) is 0 Å². The normalized spacial score (nSPS) is 9.86. The largest absolute Gasteiger partial charge is 0.313 e. The first-order valence-corrected chi connectivity index (χ1v) is 3.24. The van der Waals surface area contributed by atoms with Crippen molar-refractivity contribution in [2.24, 2.45) is 4.99 Å². The van der Waals surface area contributed by atoms with Crippen molar-refractivity contribution >= 4 is 33.0 Å². The number of hydrogen-bond donors (Lipinski definition) is 1. The average Bonchev–Trinajstić information content (AvgIpc) is 1.69. The lowest BCUT2D eigenvalue weighted by molar-refractivity contribution is 1.06. The molecule has 0 atom stereocenters. The van der Waals surface area contributed by atoms with Crippen molar-refractivity contribution in [1.29, 1.82) is 5.41 Å². The third kappa shape index (κ3) is 6.07. The molecule has 0 bridgehead atoms. The molecule has 3 heteroatoms. The van der Waals surface area contributed by atoms with E-state index in [2.05, 4.69) is 27.6 Å². The molecule has 0 aliphatic rings. The van der Waals surface area contributed by atoms with E-state index < -0.39 is 0 Å². The average molecular weight is 210 g/mol. The zero-order valence-electron chi connectivity index (χ0n) is 3.89. The maximum atomic E-state index is 6.58. The van der Waals surface area contributed by atoms with E-state index in [1.165, 1.54) is 6.21 Å². The fraction of sp³-hybridized carbons (Fsp3) is 0.500. The van der Waals surface area contributed by atoms with Gasteiger partial charge in [-0.2, -0.15) is 0 Å². The molecule has 0 aromatic rings. The van der Waals surface area contributed by atoms with Crippen molar-refractivity contribution in [1.82, 2.24) is 0 Å². The van der Waals surface area contributed by atoms with Crippen LogP contribution in [0.3, 0.4) is 0 Å². The van der Waals surface area contributed by atoms with Crippen LogP contribution in [0.4, 0.5) is 0 Å². The molecule has 7 heavy (non-hydrogen) atoms. The quantitative estimate of drug-likeness (QED) is 0.416. The van der Waals surface area contributed by atoms with Crippen molar-refractivity contribution in [3.05, 3.63) is 0 Å². The SMILES string of the molecule is N=CCC/N=C\I. The molecule has 0 aromatic carbocycles. The Hall–Kier alpha value is 0.0700. The molecule has 40 valence electrons. The van der Waals surface area contributed by atoms with E-state index in [-0.39, 0.29) is 0 Å². The van der Waals surface area contributed by atoms with Crippen molar-refractivity contribution in [3.63, 3.8) is 0 Å². The van der Waals surface area contributed by atoms with E-state index in [0.717, 1.165) is 13.0 Å². The molecule has 0 saturated heterocycles. The summed E-state index contributed by atoms with van der Waals surface area (Å²) in [6.45, 7) is 0.756. The first kappa shape index (κ1) is 7.07. The molecule has 0 rings (SSSR count). The highest BCUT2D eigenvalue weighted by molar-refractivity contribution is 14.1. The lowest BCUT2D eigenvalue weighted by atomic mass is 10.5. The number of hydrogen-bond acceptors (Lipinski definition) is 2. The van der Waals surface area contributed by atoms with Gasteiger partial charge in [-0.05, 0) is 28.8 Å². The Labute approximate surface area is 56.7 Å². The molecule has 0 aliphatic heterocycles. The molecular formula is C4H7IN2. The second-order valence-corrected chi connectivity index (χ2v) is 1.55. The van der Waals surface area contributed by atoms with Gasteiger partial charge in [-0.15, -0.1) is 0 Å². The van der Waals surface area contributed by atoms with Gasteiger partial charge in [0.15, 0.2) is 0 Å². The van der Waals surface area contributed by atoms with Gasteiger partial charge in [0.2, 0.25) is 0 Å². The van der Waals surface area contributed by atoms with Gasteiger partial charge in [0.25, 0.3) is 0 Å². The van der Waals surface area contributed by atoms with E-state index in [1.807, 2.05) is 0 Å². The van der Waals surface area contributed by atoms with Gasteiger partial charge >= 0.3 is 0 Å². The van der Waals surface area contributed by atoms with E-state index in [9.17, 15) is 0 Å². The highest BCUT2D eigenvalue weighted by Gasteiger charge is 1.70. The maximum Gasteiger partial charge on any atom is 0.0595 e. The molecule has 1 N–H and O–H groups in total. The Bertz CT molecular complexity index is 70.1. The molecule has 2 nitrogen and oxygen atoms in total. The van der Waals surface area contributed by atoms with Gasteiger partial charge in [0.1, 0.15) is 0 Å². The maximum absolute atomic E-state index is 6.58. The summed E-state index contributed by atoms with van der Waals surface area (Å²) >= 11 is 2.06. The van der Waals surface area contributed by atoms with Crippen LogP contribution in [-0.4, -0.2) is 17.0 Å². The summed E-state index contributed by atoms with van der Waals surface area (Å²) in [5, 5.41) is 6.58. The van der Waals surface area contributed by atoms with Crippen molar-refractivity contribution in [2.75, 3.05) is 6.54 Å². The minimum Gasteiger partial charge on any atom is -0.313 e. The van der Waals surface area contributed by atoms with Gasteiger partial charge in [0, 0.05) is 13.0 Å². The third-order valence-electron chi connectivity index (χ3n) is 0.472. The van der Waals surface area contributed by atoms with Crippen LogP contribution in [0.25, 0.3) is 0 Å². The summed E-state index contributed by atoms with van der Waals surface area (Å²) in [5.74, 6) is 0. The molecule has 0 spiro atoms. The molecule has 0 saturated carbocycles. The Morgan fingerprint density at radius 3 is 2.86 bits per heavy atom. The zero-order chi connectivity index (χ0) is 5.54. The summed E-state index contributed by atoms with van der Waals surface area (Å²) in [7, 11) is 0. The predicted octanol–water partition coefficient (Wildman–Crippen LogP) is 1.49. The topological polar surface area (TPSA) is 36.2 Å². The van der Waals surface area contributed by atoms with Crippen LogP contribution in [-0.2, 0) is 0 Å². The summed E-state index contributed by atoms with van der Waals surface area (Å²) in [6, 6.07) is 0. The Kier molecular flexibility index (Phi) is 6.13. The number of aliphatic imine (C=N–C) groups is 1. The Morgan fingerprint density at radius 1 is 1.71 bits per heavy atom. The van der Waals surface area contributed by atoms with Gasteiger partial charge in [-0.25, -0.2) is 0 Å². The van der Waals surface area contributed by atoms with Crippen LogP contribution < -0.4 is 0 Å². The fourth-order valence-corrected chi connectivity index (χ4v) is 0.466. The second-order valence-electron chi connectivity index (χ2n) is 0.997. The predicted molar refractivity (Wildman–Crippen MR) is 40.8 cm³/mol. The van der Waals surface area contributed by atoms with E-state index in [0.29, 0.717) is 0 Å². The fourth-order valence-electron chi connectivity index (χ4n) is 0.188. The highest BCUT2D eigenvalue weighted by atomic mass is 127. The molecule has 0 fully saturated rings. The van der Waals surface area contributed by atoms with E-state index >= 15 is 0 Å². The summed E-state index contributed by atoms with van der Waals surface area (Å²) < 4.78 is 1.72. The molecular weight excluding hydrogens is 203 g/mol. The molecule has 0 amide bonds. The number of rotatable bonds is 3. The van der Waals surface area contributed by atoms with Crippen LogP contribution in [0.2, 0.25) is 0 Å². The molecule has 0 heterocycles. The second kappa shape index (κ2) is 6.07. The first-order chi connectivity index (χ1) is 3.41. The molecule has 0 unspecified atom stereocenters. The third-order valence-corrected chi connectivity index (χ3v) is 0.865. The van der Waals surface area contributed by atoms with Crippen LogP contribution in [0.5, 0.6) is 0 Å². The number of nitrogens with one attached hydrogen (secondary N) is 1. The number of nitrogens with zero attached hydrogens (tertiary/aromatic N) is 1. The zero-order valence-corrected chi connectivity index (χ0v) is 6.05. The van der Waals surface area contributed by atoms with Gasteiger partial charge in [0.05, 0.1) is 4.22 Å². The van der Waals surface area contributed by atoms with Gasteiger partial charge in [-0.1, -0.05) is 0 Å². The smallest absolute Gasteiger partial charge is 0.0595 e. The molecule has 0 aromatic heterocycles. The molecule has 0 aliphatic carbocycles. The monoisotopic (exact) mass is 210 g/mol. The minimum atomic E-state index is 0.756. The van der Waals surface area contributed by atoms with Crippen molar-refractivity contribution < 1.29 is 0 Å². The van der Waals surface area contributed by atoms with Gasteiger partial charge < -0.3 is 5.41 Å². The van der Waals surface area contributed by atoms with Crippen LogP contribution in [0, 0.1) is 5.41 Å². The number of halogens is 1. The standard InChI is InChI=1S/C4H7IN2/c5-4-7-3-1-2-6/h2,4,6H,1,3H2/b6-2?,7-4-. The van der Waals surface area contributed by atoms with Crippen LogP contribution in [0.1, 0.15) is 6.42 Å². The summed E-state index contributed by atoms with van der Waals surface area (Å²) in [5.41, 5.74) is 0. The minimum absolute atomic E-state index is 0.756. The van der Waals surface area contributed by atoms with Crippen LogP contribution >= 0.6 is 22.6 Å². The first-order valence-electron chi connectivity index (χ1n) is 1.99. The van der Waals surface area contributed by atoms with E-state index in [4.69, 9.17) is 5.41 Å². The highest BCUT2D eigenvalue weighted by Crippen LogP contribution is 1.76. The van der Waals surface area contributed by atoms with Gasteiger partial charge in [-0.3, -0.25) is 4.99 Å².